The van der Waals surface area contributed by atoms with Gasteiger partial charge in [-0.15, -0.1) is 0 Å². The first-order chi connectivity index (χ1) is 18.9. The molecular formula is C30H26Cl2FN5S. The number of nitrogens with zero attached hydrogens (tertiary/aromatic N) is 3. The van der Waals surface area contributed by atoms with Gasteiger partial charge < -0.3 is 15.2 Å². The lowest BCUT2D eigenvalue weighted by Crippen LogP contribution is -2.15. The molecule has 2 aromatic heterocycles. The van der Waals surface area contributed by atoms with E-state index in [4.69, 9.17) is 40.5 Å². The van der Waals surface area contributed by atoms with Crippen molar-refractivity contribution in [2.75, 3.05) is 10.6 Å². The maximum absolute atomic E-state index is 13.9. The highest BCUT2D eigenvalue weighted by Gasteiger charge is 2.29. The molecule has 3 aromatic carbocycles. The molecule has 0 atom stereocenters. The molecule has 0 spiro atoms. The van der Waals surface area contributed by atoms with Crippen molar-refractivity contribution in [2.24, 2.45) is 0 Å². The summed E-state index contributed by atoms with van der Waals surface area (Å²) in [6.07, 6.45) is 2.95. The minimum Gasteiger partial charge on any atom is -0.378 e. The van der Waals surface area contributed by atoms with E-state index in [1.54, 1.807) is 6.07 Å². The maximum Gasteiger partial charge on any atom is 0.150 e. The summed E-state index contributed by atoms with van der Waals surface area (Å²) in [5.74, 6) is 0.623. The first-order valence-electron chi connectivity index (χ1n) is 12.8. The van der Waals surface area contributed by atoms with Gasteiger partial charge in [0.15, 0.2) is 5.82 Å². The van der Waals surface area contributed by atoms with Gasteiger partial charge in [-0.05, 0) is 74.2 Å². The molecule has 0 aliphatic carbocycles. The van der Waals surface area contributed by atoms with Crippen LogP contribution in [-0.2, 0) is 19.5 Å². The number of rotatable bonds is 6. The molecular weight excluding hydrogens is 552 g/mol. The number of aromatic nitrogens is 3. The third-order valence-corrected chi connectivity index (χ3v) is 8.12. The van der Waals surface area contributed by atoms with Crippen LogP contribution in [0, 0.1) is 12.7 Å². The number of halogens is 3. The van der Waals surface area contributed by atoms with E-state index in [9.17, 15) is 4.39 Å². The predicted octanol–water partition coefficient (Wildman–Crippen LogP) is 8.29. The predicted molar refractivity (Wildman–Crippen MR) is 162 cm³/mol. The largest absolute Gasteiger partial charge is 0.378 e. The SMILES string of the molecule is Cc1ccc(NC(=S)c2c(-c3ccc(F)cc3)c3c4n(c(CNc5ccc(Cl)c(Cl)c5)nn24)CCCC3)cc1. The lowest BCUT2D eigenvalue weighted by atomic mass is 9.98. The number of benzene rings is 3. The van der Waals surface area contributed by atoms with E-state index >= 15 is 0 Å². The fourth-order valence-corrected chi connectivity index (χ4v) is 5.79. The zero-order valence-electron chi connectivity index (χ0n) is 21.3. The standard InChI is InChI=1S/C30H26Cl2FN5S/c1-18-5-11-21(12-6-18)35-29(39)28-27(19-7-9-20(33)10-8-19)23-4-2-3-15-37-26(36-38(28)30(23)37)17-34-22-13-14-24(31)25(32)16-22/h5-14,16,34H,2-4,15,17H2,1H3,(H,35,39). The van der Waals surface area contributed by atoms with Crippen LogP contribution in [0.5, 0.6) is 0 Å². The molecule has 0 radical (unpaired) electrons. The van der Waals surface area contributed by atoms with Gasteiger partial charge in [-0.25, -0.2) is 8.91 Å². The van der Waals surface area contributed by atoms with E-state index in [0.717, 1.165) is 65.5 Å². The topological polar surface area (TPSA) is 46.3 Å². The fraction of sp³-hybridized carbons (Fsp3) is 0.200. The van der Waals surface area contributed by atoms with Crippen LogP contribution in [0.4, 0.5) is 15.8 Å². The van der Waals surface area contributed by atoms with Crippen LogP contribution in [0.25, 0.3) is 16.8 Å². The molecule has 3 heterocycles. The number of nitrogens with one attached hydrogen (secondary N) is 2. The van der Waals surface area contributed by atoms with E-state index < -0.39 is 0 Å². The summed E-state index contributed by atoms with van der Waals surface area (Å²) in [6.45, 7) is 3.40. The fourth-order valence-electron chi connectivity index (χ4n) is 5.19. The van der Waals surface area contributed by atoms with Crippen molar-refractivity contribution in [3.8, 4) is 11.1 Å². The highest BCUT2D eigenvalue weighted by atomic mass is 35.5. The zero-order chi connectivity index (χ0) is 27.1. The molecule has 0 saturated heterocycles. The Labute approximate surface area is 241 Å². The van der Waals surface area contributed by atoms with Gasteiger partial charge in [-0.2, -0.15) is 5.10 Å². The van der Waals surface area contributed by atoms with Crippen LogP contribution >= 0.6 is 35.4 Å². The quantitative estimate of drug-likeness (QED) is 0.199. The Morgan fingerprint density at radius 3 is 2.46 bits per heavy atom. The molecule has 9 heteroatoms. The Morgan fingerprint density at radius 2 is 1.72 bits per heavy atom. The minimum absolute atomic E-state index is 0.270. The van der Waals surface area contributed by atoms with E-state index in [1.165, 1.54) is 23.3 Å². The second-order valence-electron chi connectivity index (χ2n) is 9.77. The number of hydrogen-bond donors (Lipinski definition) is 2. The number of aryl methyl sites for hydroxylation is 3. The number of hydrogen-bond acceptors (Lipinski definition) is 3. The molecule has 5 nitrogen and oxygen atoms in total. The van der Waals surface area contributed by atoms with E-state index in [0.29, 0.717) is 21.6 Å². The van der Waals surface area contributed by atoms with Gasteiger partial charge in [-0.3, -0.25) is 0 Å². The molecule has 39 heavy (non-hydrogen) atoms. The molecule has 0 fully saturated rings. The Bertz CT molecular complexity index is 1690. The van der Waals surface area contributed by atoms with Crippen molar-refractivity contribution in [2.45, 2.75) is 39.3 Å². The van der Waals surface area contributed by atoms with Crippen LogP contribution < -0.4 is 10.6 Å². The smallest absolute Gasteiger partial charge is 0.150 e. The monoisotopic (exact) mass is 577 g/mol. The Hall–Kier alpha value is -3.39. The van der Waals surface area contributed by atoms with Gasteiger partial charge in [0, 0.05) is 29.0 Å². The summed E-state index contributed by atoms with van der Waals surface area (Å²) in [7, 11) is 0. The van der Waals surface area contributed by atoms with Crippen molar-refractivity contribution in [3.05, 3.63) is 105 Å². The van der Waals surface area contributed by atoms with Crippen LogP contribution in [0.1, 0.15) is 35.5 Å². The summed E-state index contributed by atoms with van der Waals surface area (Å²) >= 11 is 18.3. The van der Waals surface area contributed by atoms with E-state index in [2.05, 4.69) is 22.1 Å². The highest BCUT2D eigenvalue weighted by Crippen LogP contribution is 2.37. The third-order valence-electron chi connectivity index (χ3n) is 7.09. The van der Waals surface area contributed by atoms with Gasteiger partial charge in [0.05, 0.1) is 16.6 Å². The first-order valence-corrected chi connectivity index (χ1v) is 14.0. The van der Waals surface area contributed by atoms with Crippen molar-refractivity contribution >= 4 is 57.4 Å². The Kier molecular flexibility index (Phi) is 7.06. The summed E-state index contributed by atoms with van der Waals surface area (Å²) < 4.78 is 18.1. The third kappa shape index (κ3) is 5.02. The molecule has 198 valence electrons. The van der Waals surface area contributed by atoms with Crippen LogP contribution in [0.15, 0.2) is 66.7 Å². The van der Waals surface area contributed by atoms with Gasteiger partial charge in [0.25, 0.3) is 0 Å². The molecule has 0 amide bonds. The van der Waals surface area contributed by atoms with Crippen LogP contribution in [-0.4, -0.2) is 19.2 Å². The maximum atomic E-state index is 13.9. The molecule has 0 saturated carbocycles. The molecule has 0 unspecified atom stereocenters. The van der Waals surface area contributed by atoms with Crippen molar-refractivity contribution in [1.82, 2.24) is 14.2 Å². The van der Waals surface area contributed by atoms with Gasteiger partial charge >= 0.3 is 0 Å². The van der Waals surface area contributed by atoms with Crippen molar-refractivity contribution in [3.63, 3.8) is 0 Å². The van der Waals surface area contributed by atoms with Crippen molar-refractivity contribution in [1.29, 1.82) is 0 Å². The summed E-state index contributed by atoms with van der Waals surface area (Å²) in [5, 5.41) is 12.9. The molecule has 6 rings (SSSR count). The van der Waals surface area contributed by atoms with Gasteiger partial charge in [-0.1, -0.05) is 65.2 Å². The lowest BCUT2D eigenvalue weighted by Gasteiger charge is -2.12. The van der Waals surface area contributed by atoms with Gasteiger partial charge in [0.2, 0.25) is 0 Å². The molecule has 1 aliphatic rings. The second kappa shape index (κ2) is 10.6. The highest BCUT2D eigenvalue weighted by molar-refractivity contribution is 7.81. The Morgan fingerprint density at radius 1 is 0.974 bits per heavy atom. The number of anilines is 2. The van der Waals surface area contributed by atoms with Gasteiger partial charge in [0.1, 0.15) is 22.1 Å². The lowest BCUT2D eigenvalue weighted by molar-refractivity contribution is 0.619. The van der Waals surface area contributed by atoms with E-state index in [-0.39, 0.29) is 5.82 Å². The molecule has 2 N–H and O–H groups in total. The summed E-state index contributed by atoms with van der Waals surface area (Å²) in [6, 6.07) is 20.2. The molecule has 5 aromatic rings. The van der Waals surface area contributed by atoms with Crippen LogP contribution in [0.2, 0.25) is 10.0 Å². The van der Waals surface area contributed by atoms with E-state index in [1.807, 2.05) is 53.0 Å². The summed E-state index contributed by atoms with van der Waals surface area (Å²) in [4.78, 5) is 0.564. The average molecular weight is 579 g/mol. The summed E-state index contributed by atoms with van der Waals surface area (Å²) in [5.41, 5.74) is 7.87. The van der Waals surface area contributed by atoms with Crippen LogP contribution in [0.3, 0.4) is 0 Å². The van der Waals surface area contributed by atoms with Crippen molar-refractivity contribution < 1.29 is 4.39 Å². The molecule has 1 aliphatic heterocycles. The normalized spacial score (nSPS) is 12.9. The first kappa shape index (κ1) is 25.9. The zero-order valence-corrected chi connectivity index (χ0v) is 23.6. The average Bonchev–Trinajstić information content (AvgIpc) is 3.33. The molecule has 0 bridgehead atoms. The second-order valence-corrected chi connectivity index (χ2v) is 11.0. The number of thiocarbonyl (C=S) groups is 1. The Balaban J connectivity index is 1.47. The minimum atomic E-state index is -0.270.